The number of fused-ring (bicyclic) bond motifs is 1. The van der Waals surface area contributed by atoms with Crippen LogP contribution in [0.3, 0.4) is 0 Å². The number of carboxylic acid groups (broad SMARTS) is 2. The predicted molar refractivity (Wildman–Crippen MR) is 93.4 cm³/mol. The number of nitrogens with zero attached hydrogens (tertiary/aromatic N) is 1. The van der Waals surface area contributed by atoms with Gasteiger partial charge in [-0.1, -0.05) is 6.07 Å². The maximum absolute atomic E-state index is 11.6. The minimum absolute atomic E-state index is 0.0246. The Morgan fingerprint density at radius 1 is 1.15 bits per heavy atom. The zero-order valence-corrected chi connectivity index (χ0v) is 15.3. The van der Waals surface area contributed by atoms with Crippen molar-refractivity contribution in [3.63, 3.8) is 0 Å². The normalized spacial score (nSPS) is 27.2. The van der Waals surface area contributed by atoms with Gasteiger partial charge in [0.2, 0.25) is 0 Å². The van der Waals surface area contributed by atoms with Gasteiger partial charge in [-0.25, -0.2) is 0 Å². The molecule has 7 heteroatoms. The first-order valence-electron chi connectivity index (χ1n) is 8.85. The Morgan fingerprint density at radius 2 is 1.77 bits per heavy atom. The highest BCUT2D eigenvalue weighted by Crippen LogP contribution is 2.68. The van der Waals surface area contributed by atoms with E-state index in [1.807, 2.05) is 43.9 Å². The smallest absolute Gasteiger partial charge is 0.312 e. The van der Waals surface area contributed by atoms with E-state index in [9.17, 15) is 19.8 Å². The summed E-state index contributed by atoms with van der Waals surface area (Å²) in [6.45, 7) is 7.27. The molecule has 1 aromatic rings. The Hall–Kier alpha value is -2.28. The van der Waals surface area contributed by atoms with Crippen LogP contribution in [-0.2, 0) is 16.1 Å². The number of piperidine rings is 1. The molecule has 2 N–H and O–H groups in total. The molecule has 3 rings (SSSR count). The van der Waals surface area contributed by atoms with Crippen molar-refractivity contribution in [3.8, 4) is 11.5 Å². The van der Waals surface area contributed by atoms with E-state index in [1.165, 1.54) is 0 Å². The third kappa shape index (κ3) is 2.90. The van der Waals surface area contributed by atoms with Crippen LogP contribution in [0.1, 0.15) is 32.8 Å². The average Bonchev–Trinajstić information content (AvgIpc) is 3.09. The number of hydrogen-bond acceptors (Lipinski definition) is 5. The van der Waals surface area contributed by atoms with Gasteiger partial charge in [-0.3, -0.25) is 14.5 Å². The van der Waals surface area contributed by atoms with Crippen molar-refractivity contribution in [1.82, 2.24) is 4.90 Å². The average molecular weight is 363 g/mol. The molecular weight excluding hydrogens is 338 g/mol. The molecule has 2 atom stereocenters. The Kier molecular flexibility index (Phi) is 4.60. The molecule has 0 bridgehead atoms. The van der Waals surface area contributed by atoms with Gasteiger partial charge >= 0.3 is 11.9 Å². The number of likely N-dealkylation sites (tertiary alicyclic amines) is 1. The number of hydrogen-bond donors (Lipinski definition) is 2. The Labute approximate surface area is 152 Å². The highest BCUT2D eigenvalue weighted by Gasteiger charge is 2.80. The first kappa shape index (κ1) is 18.5. The van der Waals surface area contributed by atoms with E-state index in [0.29, 0.717) is 24.7 Å². The van der Waals surface area contributed by atoms with Gasteiger partial charge in [-0.15, -0.1) is 0 Å². The van der Waals surface area contributed by atoms with Gasteiger partial charge in [0, 0.05) is 19.6 Å². The molecule has 1 aliphatic carbocycles. The molecule has 142 valence electrons. The highest BCUT2D eigenvalue weighted by atomic mass is 16.5. The summed E-state index contributed by atoms with van der Waals surface area (Å²) in [5.41, 5.74) is -1.36. The van der Waals surface area contributed by atoms with Gasteiger partial charge in [0.05, 0.1) is 23.5 Å². The summed E-state index contributed by atoms with van der Waals surface area (Å²) < 4.78 is 11.4. The fourth-order valence-corrected chi connectivity index (χ4v) is 4.04. The van der Waals surface area contributed by atoms with Crippen LogP contribution >= 0.6 is 0 Å². The summed E-state index contributed by atoms with van der Waals surface area (Å²) in [5, 5.41) is 19.0. The molecule has 0 spiro atoms. The van der Waals surface area contributed by atoms with Gasteiger partial charge in [0.25, 0.3) is 0 Å². The molecule has 2 fully saturated rings. The minimum atomic E-state index is -1.15. The van der Waals surface area contributed by atoms with E-state index >= 15 is 0 Å². The molecule has 0 amide bonds. The Morgan fingerprint density at radius 3 is 2.27 bits per heavy atom. The van der Waals surface area contributed by atoms with E-state index in [0.717, 1.165) is 5.56 Å². The molecule has 1 saturated heterocycles. The van der Waals surface area contributed by atoms with Crippen LogP contribution in [0.4, 0.5) is 0 Å². The van der Waals surface area contributed by atoms with Gasteiger partial charge in [-0.2, -0.15) is 0 Å². The van der Waals surface area contributed by atoms with Crippen LogP contribution in [0.15, 0.2) is 18.2 Å². The molecule has 1 saturated carbocycles. The third-order valence-corrected chi connectivity index (χ3v) is 5.28. The van der Waals surface area contributed by atoms with Crippen molar-refractivity contribution in [3.05, 3.63) is 23.8 Å². The number of carbonyl (C=O) groups is 2. The summed E-state index contributed by atoms with van der Waals surface area (Å²) in [6.07, 6.45) is 0.239. The SMILES string of the molecule is CCOc1cc(CN2C[C@@]3(C(=O)O)C[C@@]3(C(=O)O)C2)ccc1OC(C)C. The number of carboxylic acids is 2. The second-order valence-electron chi connectivity index (χ2n) is 7.48. The number of benzene rings is 1. The molecule has 1 aliphatic heterocycles. The van der Waals surface area contributed by atoms with E-state index in [-0.39, 0.29) is 25.6 Å². The monoisotopic (exact) mass is 363 g/mol. The van der Waals surface area contributed by atoms with Crippen molar-refractivity contribution in [2.75, 3.05) is 19.7 Å². The van der Waals surface area contributed by atoms with E-state index < -0.39 is 22.8 Å². The quantitative estimate of drug-likeness (QED) is 0.731. The van der Waals surface area contributed by atoms with Crippen LogP contribution in [0, 0.1) is 10.8 Å². The van der Waals surface area contributed by atoms with E-state index in [4.69, 9.17) is 9.47 Å². The number of rotatable bonds is 8. The Balaban J connectivity index is 1.77. The van der Waals surface area contributed by atoms with Crippen molar-refractivity contribution in [2.24, 2.45) is 10.8 Å². The molecule has 1 heterocycles. The number of aliphatic carboxylic acids is 2. The molecule has 26 heavy (non-hydrogen) atoms. The topological polar surface area (TPSA) is 96.3 Å². The fourth-order valence-electron chi connectivity index (χ4n) is 4.04. The first-order valence-corrected chi connectivity index (χ1v) is 8.85. The lowest BCUT2D eigenvalue weighted by Crippen LogP contribution is -2.28. The van der Waals surface area contributed by atoms with Crippen molar-refractivity contribution >= 4 is 11.9 Å². The minimum Gasteiger partial charge on any atom is -0.490 e. The van der Waals surface area contributed by atoms with Crippen molar-refractivity contribution < 1.29 is 29.3 Å². The van der Waals surface area contributed by atoms with Crippen LogP contribution in [0.5, 0.6) is 11.5 Å². The molecular formula is C19H25NO6. The number of ether oxygens (including phenoxy) is 2. The van der Waals surface area contributed by atoms with Crippen molar-refractivity contribution in [1.29, 1.82) is 0 Å². The standard InChI is InChI=1S/C19H25NO6/c1-4-25-15-7-13(5-6-14(15)26-12(2)3)8-20-10-18(16(21)22)9-19(18,11-20)17(23)24/h5-7,12H,4,8-11H2,1-3H3,(H,21,22)(H,23,24)/t18-,19+. The second kappa shape index (κ2) is 6.46. The van der Waals surface area contributed by atoms with Gasteiger partial charge in [-0.05, 0) is 44.9 Å². The lowest BCUT2D eigenvalue weighted by atomic mass is 9.97. The summed E-state index contributed by atoms with van der Waals surface area (Å²) in [5.74, 6) is -0.723. The molecule has 2 aliphatic rings. The maximum Gasteiger partial charge on any atom is 0.312 e. The van der Waals surface area contributed by atoms with Crippen molar-refractivity contribution in [2.45, 2.75) is 39.8 Å². The van der Waals surface area contributed by atoms with Crippen LogP contribution in [0.2, 0.25) is 0 Å². The first-order chi connectivity index (χ1) is 12.2. The van der Waals surface area contributed by atoms with Gasteiger partial charge in [0.1, 0.15) is 0 Å². The van der Waals surface area contributed by atoms with Gasteiger partial charge < -0.3 is 19.7 Å². The highest BCUT2D eigenvalue weighted by molar-refractivity contribution is 5.94. The zero-order chi connectivity index (χ0) is 19.1. The molecule has 0 radical (unpaired) electrons. The van der Waals surface area contributed by atoms with E-state index in [1.54, 1.807) is 0 Å². The molecule has 7 nitrogen and oxygen atoms in total. The maximum atomic E-state index is 11.6. The molecule has 1 aromatic carbocycles. The second-order valence-corrected chi connectivity index (χ2v) is 7.48. The molecule has 0 unspecified atom stereocenters. The lowest BCUT2D eigenvalue weighted by Gasteiger charge is -2.21. The Bertz CT molecular complexity index is 705. The summed E-state index contributed by atoms with van der Waals surface area (Å²) in [4.78, 5) is 25.2. The van der Waals surface area contributed by atoms with Crippen LogP contribution in [0.25, 0.3) is 0 Å². The lowest BCUT2D eigenvalue weighted by molar-refractivity contribution is -0.151. The van der Waals surface area contributed by atoms with Crippen LogP contribution in [-0.4, -0.2) is 52.9 Å². The van der Waals surface area contributed by atoms with Gasteiger partial charge in [0.15, 0.2) is 11.5 Å². The fraction of sp³-hybridized carbons (Fsp3) is 0.579. The largest absolute Gasteiger partial charge is 0.490 e. The van der Waals surface area contributed by atoms with E-state index in [2.05, 4.69) is 0 Å². The van der Waals surface area contributed by atoms with Crippen LogP contribution < -0.4 is 9.47 Å². The zero-order valence-electron chi connectivity index (χ0n) is 15.3. The third-order valence-electron chi connectivity index (χ3n) is 5.28. The summed E-state index contributed by atoms with van der Waals surface area (Å²) in [7, 11) is 0. The summed E-state index contributed by atoms with van der Waals surface area (Å²) >= 11 is 0. The molecule has 0 aromatic heterocycles. The summed E-state index contributed by atoms with van der Waals surface area (Å²) in [6, 6.07) is 5.63. The predicted octanol–water partition coefficient (Wildman–Crippen LogP) is 2.23.